The summed E-state index contributed by atoms with van der Waals surface area (Å²) in [5.74, 6) is 2.44. The Morgan fingerprint density at radius 3 is 2.67 bits per heavy atom. The lowest BCUT2D eigenvalue weighted by molar-refractivity contribution is 0.502. The van der Waals surface area contributed by atoms with Crippen molar-refractivity contribution in [1.29, 1.82) is 0 Å². The zero-order valence-electron chi connectivity index (χ0n) is 9.71. The van der Waals surface area contributed by atoms with E-state index >= 15 is 0 Å². The summed E-state index contributed by atoms with van der Waals surface area (Å²) < 4.78 is 0. The van der Waals surface area contributed by atoms with Gasteiger partial charge >= 0.3 is 0 Å². The van der Waals surface area contributed by atoms with Crippen LogP contribution in [0.4, 0.5) is 0 Å². The Balaban J connectivity index is 2.18. The minimum Gasteiger partial charge on any atom is -0.306 e. The molecule has 0 aromatic heterocycles. The Morgan fingerprint density at radius 2 is 2.00 bits per heavy atom. The molecule has 1 nitrogen and oxygen atoms in total. The summed E-state index contributed by atoms with van der Waals surface area (Å²) in [7, 11) is 0. The molecule has 2 heteroatoms. The molecule has 1 fully saturated rings. The van der Waals surface area contributed by atoms with Gasteiger partial charge in [0.2, 0.25) is 0 Å². The predicted molar refractivity (Wildman–Crippen MR) is 68.6 cm³/mol. The van der Waals surface area contributed by atoms with Crippen molar-refractivity contribution < 1.29 is 0 Å². The fraction of sp³-hybridized carbons (Fsp3) is 0.538. The molecule has 1 heterocycles. The highest BCUT2D eigenvalue weighted by Crippen LogP contribution is 2.25. The van der Waals surface area contributed by atoms with Crippen LogP contribution in [0.25, 0.3) is 0 Å². The van der Waals surface area contributed by atoms with E-state index in [1.807, 2.05) is 0 Å². The molecule has 1 aromatic carbocycles. The lowest BCUT2D eigenvalue weighted by Gasteiger charge is -2.29. The van der Waals surface area contributed by atoms with Gasteiger partial charge in [0.25, 0.3) is 0 Å². The standard InChI is InChI=1S/C13H19NS/c1-9-4-5-12(6-10(9)2)13-8-15-7-11(3)14-13/h4-6,11,13-14H,7-8H2,1-3H3. The van der Waals surface area contributed by atoms with Gasteiger partial charge in [0, 0.05) is 23.6 Å². The molecule has 1 saturated heterocycles. The minimum atomic E-state index is 0.540. The third kappa shape index (κ3) is 2.56. The summed E-state index contributed by atoms with van der Waals surface area (Å²) in [6, 6.07) is 7.99. The van der Waals surface area contributed by atoms with Gasteiger partial charge in [-0.2, -0.15) is 11.8 Å². The molecule has 82 valence electrons. The van der Waals surface area contributed by atoms with Crippen LogP contribution in [0.3, 0.4) is 0 Å². The van der Waals surface area contributed by atoms with E-state index in [1.54, 1.807) is 0 Å². The summed E-state index contributed by atoms with van der Waals surface area (Å²) in [5.41, 5.74) is 4.23. The second-order valence-electron chi connectivity index (χ2n) is 4.50. The number of thioether (sulfide) groups is 1. The number of benzene rings is 1. The van der Waals surface area contributed by atoms with Crippen molar-refractivity contribution in [2.75, 3.05) is 11.5 Å². The summed E-state index contributed by atoms with van der Waals surface area (Å²) in [6.07, 6.45) is 0. The van der Waals surface area contributed by atoms with E-state index in [0.717, 1.165) is 0 Å². The van der Waals surface area contributed by atoms with E-state index in [0.29, 0.717) is 12.1 Å². The van der Waals surface area contributed by atoms with Crippen molar-refractivity contribution >= 4 is 11.8 Å². The third-order valence-corrected chi connectivity index (χ3v) is 4.38. The minimum absolute atomic E-state index is 0.540. The SMILES string of the molecule is Cc1ccc(C2CSCC(C)N2)cc1C. The normalized spacial score (nSPS) is 26.6. The lowest BCUT2D eigenvalue weighted by Crippen LogP contribution is -2.37. The van der Waals surface area contributed by atoms with E-state index in [4.69, 9.17) is 0 Å². The van der Waals surface area contributed by atoms with Crippen molar-refractivity contribution in [3.8, 4) is 0 Å². The molecule has 1 aliphatic rings. The van der Waals surface area contributed by atoms with Crippen LogP contribution < -0.4 is 5.32 Å². The highest BCUT2D eigenvalue weighted by molar-refractivity contribution is 7.99. The highest BCUT2D eigenvalue weighted by Gasteiger charge is 2.19. The van der Waals surface area contributed by atoms with E-state index in [-0.39, 0.29) is 0 Å². The average molecular weight is 221 g/mol. The first kappa shape index (κ1) is 11.0. The molecular formula is C13H19NS. The van der Waals surface area contributed by atoms with Crippen molar-refractivity contribution in [3.05, 3.63) is 34.9 Å². The quantitative estimate of drug-likeness (QED) is 0.782. The Bertz CT molecular complexity index is 348. The first-order valence-electron chi connectivity index (χ1n) is 5.58. The molecule has 1 aromatic rings. The van der Waals surface area contributed by atoms with Crippen LogP contribution >= 0.6 is 11.8 Å². The Kier molecular flexibility index (Phi) is 3.37. The van der Waals surface area contributed by atoms with Gasteiger partial charge in [0.15, 0.2) is 0 Å². The molecule has 0 spiro atoms. The van der Waals surface area contributed by atoms with Crippen LogP contribution in [-0.2, 0) is 0 Å². The molecule has 0 radical (unpaired) electrons. The summed E-state index contributed by atoms with van der Waals surface area (Å²) in [6.45, 7) is 6.63. The molecule has 2 unspecified atom stereocenters. The topological polar surface area (TPSA) is 12.0 Å². The van der Waals surface area contributed by atoms with E-state index in [9.17, 15) is 0 Å². The zero-order valence-corrected chi connectivity index (χ0v) is 10.5. The molecule has 0 saturated carbocycles. The first-order valence-corrected chi connectivity index (χ1v) is 6.73. The number of rotatable bonds is 1. The van der Waals surface area contributed by atoms with Gasteiger partial charge < -0.3 is 5.32 Å². The maximum absolute atomic E-state index is 3.66. The van der Waals surface area contributed by atoms with Crippen molar-refractivity contribution in [3.63, 3.8) is 0 Å². The van der Waals surface area contributed by atoms with Crippen LogP contribution in [0.5, 0.6) is 0 Å². The highest BCUT2D eigenvalue weighted by atomic mass is 32.2. The molecule has 2 rings (SSSR count). The third-order valence-electron chi connectivity index (χ3n) is 3.07. The predicted octanol–water partition coefficient (Wildman–Crippen LogP) is 3.07. The van der Waals surface area contributed by atoms with Crippen molar-refractivity contribution in [2.24, 2.45) is 0 Å². The summed E-state index contributed by atoms with van der Waals surface area (Å²) in [5, 5.41) is 3.66. The van der Waals surface area contributed by atoms with Gasteiger partial charge in [-0.05, 0) is 37.5 Å². The van der Waals surface area contributed by atoms with Crippen molar-refractivity contribution in [2.45, 2.75) is 32.9 Å². The molecule has 0 amide bonds. The largest absolute Gasteiger partial charge is 0.306 e. The molecule has 15 heavy (non-hydrogen) atoms. The van der Waals surface area contributed by atoms with Crippen LogP contribution in [0.15, 0.2) is 18.2 Å². The molecule has 0 aliphatic carbocycles. The number of nitrogens with one attached hydrogen (secondary N) is 1. The fourth-order valence-electron chi connectivity index (χ4n) is 1.98. The van der Waals surface area contributed by atoms with Crippen molar-refractivity contribution in [1.82, 2.24) is 5.32 Å². The number of hydrogen-bond donors (Lipinski definition) is 1. The van der Waals surface area contributed by atoms with E-state index in [2.05, 4.69) is 56.0 Å². The number of aryl methyl sites for hydroxylation is 2. The monoisotopic (exact) mass is 221 g/mol. The summed E-state index contributed by atoms with van der Waals surface area (Å²) >= 11 is 2.05. The van der Waals surface area contributed by atoms with Crippen LogP contribution in [-0.4, -0.2) is 17.5 Å². The molecular weight excluding hydrogens is 202 g/mol. The van der Waals surface area contributed by atoms with Gasteiger partial charge in [0.1, 0.15) is 0 Å². The maximum Gasteiger partial charge on any atom is 0.0414 e. The average Bonchev–Trinajstić information content (AvgIpc) is 2.22. The van der Waals surface area contributed by atoms with Crippen LogP contribution in [0.1, 0.15) is 29.7 Å². The first-order chi connectivity index (χ1) is 7.16. The molecule has 0 bridgehead atoms. The summed E-state index contributed by atoms with van der Waals surface area (Å²) in [4.78, 5) is 0. The van der Waals surface area contributed by atoms with Gasteiger partial charge in [-0.1, -0.05) is 18.2 Å². The second-order valence-corrected chi connectivity index (χ2v) is 5.58. The Labute approximate surface area is 96.7 Å². The van der Waals surface area contributed by atoms with Gasteiger partial charge in [0.05, 0.1) is 0 Å². The lowest BCUT2D eigenvalue weighted by atomic mass is 10.0. The smallest absolute Gasteiger partial charge is 0.0414 e. The van der Waals surface area contributed by atoms with E-state index in [1.165, 1.54) is 28.2 Å². The van der Waals surface area contributed by atoms with Crippen LogP contribution in [0.2, 0.25) is 0 Å². The molecule has 1 N–H and O–H groups in total. The van der Waals surface area contributed by atoms with Gasteiger partial charge in [-0.3, -0.25) is 0 Å². The van der Waals surface area contributed by atoms with Gasteiger partial charge in [-0.15, -0.1) is 0 Å². The second kappa shape index (κ2) is 4.58. The molecule has 2 atom stereocenters. The van der Waals surface area contributed by atoms with E-state index < -0.39 is 0 Å². The Morgan fingerprint density at radius 1 is 1.20 bits per heavy atom. The number of hydrogen-bond acceptors (Lipinski definition) is 2. The van der Waals surface area contributed by atoms with Gasteiger partial charge in [-0.25, -0.2) is 0 Å². The fourth-order valence-corrected chi connectivity index (χ4v) is 3.09. The zero-order chi connectivity index (χ0) is 10.8. The van der Waals surface area contributed by atoms with Crippen LogP contribution in [0, 0.1) is 13.8 Å². The molecule has 1 aliphatic heterocycles. The maximum atomic E-state index is 3.66. The Hall–Kier alpha value is -0.470.